The summed E-state index contributed by atoms with van der Waals surface area (Å²) >= 11 is 0. The van der Waals surface area contributed by atoms with Gasteiger partial charge in [0.25, 0.3) is 5.91 Å². The van der Waals surface area contributed by atoms with Crippen LogP contribution in [0.3, 0.4) is 0 Å². The second-order valence-corrected chi connectivity index (χ2v) is 9.06. The van der Waals surface area contributed by atoms with Crippen LogP contribution in [0.5, 0.6) is 11.5 Å². The number of para-hydroxylation sites is 1. The highest BCUT2D eigenvalue weighted by Gasteiger charge is 2.40. The van der Waals surface area contributed by atoms with E-state index >= 15 is 0 Å². The van der Waals surface area contributed by atoms with Gasteiger partial charge in [-0.1, -0.05) is 32.0 Å². The summed E-state index contributed by atoms with van der Waals surface area (Å²) in [5.74, 6) is 0.581. The van der Waals surface area contributed by atoms with E-state index in [0.29, 0.717) is 17.9 Å². The molecule has 0 unspecified atom stereocenters. The van der Waals surface area contributed by atoms with Gasteiger partial charge in [-0.3, -0.25) is 4.79 Å². The Balaban J connectivity index is 1.99. The molecule has 1 aliphatic rings. The Morgan fingerprint density at radius 2 is 1.90 bits per heavy atom. The number of hydrogen-bond donors (Lipinski definition) is 2. The van der Waals surface area contributed by atoms with Crippen molar-refractivity contribution < 1.29 is 22.7 Å². The Hall–Kier alpha value is -2.58. The van der Waals surface area contributed by atoms with Gasteiger partial charge in [0.2, 0.25) is 10.0 Å². The van der Waals surface area contributed by atoms with Crippen molar-refractivity contribution in [1.82, 2.24) is 10.0 Å². The highest BCUT2D eigenvalue weighted by Crippen LogP contribution is 2.43. The molecule has 0 radical (unpaired) electrons. The van der Waals surface area contributed by atoms with Gasteiger partial charge in [0.05, 0.1) is 23.6 Å². The van der Waals surface area contributed by atoms with Gasteiger partial charge in [-0.25, -0.2) is 13.1 Å². The Bertz CT molecular complexity index is 1030. The fraction of sp³-hybridized carbons (Fsp3) is 0.409. The first kappa shape index (κ1) is 22.1. The predicted molar refractivity (Wildman–Crippen MR) is 114 cm³/mol. The van der Waals surface area contributed by atoms with E-state index in [1.54, 1.807) is 0 Å². The topological polar surface area (TPSA) is 93.7 Å². The van der Waals surface area contributed by atoms with Gasteiger partial charge in [0.15, 0.2) is 0 Å². The van der Waals surface area contributed by atoms with E-state index in [1.165, 1.54) is 32.4 Å². The molecule has 0 aliphatic carbocycles. The number of methoxy groups -OCH3 is 1. The van der Waals surface area contributed by atoms with Gasteiger partial charge in [0.1, 0.15) is 17.1 Å². The zero-order chi connectivity index (χ0) is 21.9. The van der Waals surface area contributed by atoms with Gasteiger partial charge in [-0.2, -0.15) is 0 Å². The number of amides is 1. The molecule has 162 valence electrons. The number of nitrogens with one attached hydrogen (secondary N) is 2. The number of fused-ring (bicyclic) bond motifs is 1. The van der Waals surface area contributed by atoms with Crippen molar-refractivity contribution in [2.75, 3.05) is 14.2 Å². The zero-order valence-electron chi connectivity index (χ0n) is 17.7. The molecule has 1 atom stereocenters. The standard InChI is InChI=1S/C22H28N2O5S/c1-5-22(6-2)14-18(16-9-7-8-10-20(16)29-22)24-30(26,27)15-11-12-19(28-4)17(13-15)21(25)23-3/h7-13,18,24H,5-6,14H2,1-4H3,(H,23,25)/t18-/m0/s1. The minimum absolute atomic E-state index is 0.00414. The molecule has 1 amide bonds. The summed E-state index contributed by atoms with van der Waals surface area (Å²) in [5, 5.41) is 2.50. The van der Waals surface area contributed by atoms with Crippen LogP contribution >= 0.6 is 0 Å². The van der Waals surface area contributed by atoms with Crippen LogP contribution in [0, 0.1) is 0 Å². The summed E-state index contributed by atoms with van der Waals surface area (Å²) in [6, 6.07) is 11.3. The summed E-state index contributed by atoms with van der Waals surface area (Å²) in [4.78, 5) is 12.2. The number of hydrogen-bond acceptors (Lipinski definition) is 5. The first-order valence-corrected chi connectivity index (χ1v) is 11.5. The Morgan fingerprint density at radius 1 is 1.20 bits per heavy atom. The fourth-order valence-corrected chi connectivity index (χ4v) is 5.07. The van der Waals surface area contributed by atoms with E-state index in [9.17, 15) is 13.2 Å². The molecular weight excluding hydrogens is 404 g/mol. The van der Waals surface area contributed by atoms with E-state index in [2.05, 4.69) is 10.0 Å². The first-order chi connectivity index (χ1) is 14.3. The number of rotatable bonds is 7. The molecule has 2 aromatic rings. The number of benzene rings is 2. The van der Waals surface area contributed by atoms with Crippen LogP contribution in [0.4, 0.5) is 0 Å². The van der Waals surface area contributed by atoms with Crippen molar-refractivity contribution in [3.05, 3.63) is 53.6 Å². The molecule has 8 heteroatoms. The van der Waals surface area contributed by atoms with Gasteiger partial charge >= 0.3 is 0 Å². The molecule has 0 fully saturated rings. The Morgan fingerprint density at radius 3 is 2.53 bits per heavy atom. The zero-order valence-corrected chi connectivity index (χ0v) is 18.5. The largest absolute Gasteiger partial charge is 0.496 e. The van der Waals surface area contributed by atoms with E-state index in [4.69, 9.17) is 9.47 Å². The monoisotopic (exact) mass is 432 g/mol. The van der Waals surface area contributed by atoms with E-state index in [1.807, 2.05) is 38.1 Å². The number of carbonyl (C=O) groups is 1. The number of ether oxygens (including phenoxy) is 2. The molecule has 0 bridgehead atoms. The first-order valence-electron chi connectivity index (χ1n) is 9.99. The maximum Gasteiger partial charge on any atom is 0.254 e. The lowest BCUT2D eigenvalue weighted by Gasteiger charge is -2.41. The molecule has 2 N–H and O–H groups in total. The molecule has 2 aromatic carbocycles. The molecular formula is C22H28N2O5S. The quantitative estimate of drug-likeness (QED) is 0.699. The van der Waals surface area contributed by atoms with Crippen LogP contribution in [0.1, 0.15) is 55.1 Å². The molecule has 1 heterocycles. The SMILES string of the molecule is CCC1(CC)C[C@H](NS(=O)(=O)c2ccc(OC)c(C(=O)NC)c2)c2ccccc2O1. The second-order valence-electron chi connectivity index (χ2n) is 7.35. The van der Waals surface area contributed by atoms with Crippen molar-refractivity contribution in [2.24, 2.45) is 0 Å². The second kappa shape index (κ2) is 8.65. The minimum Gasteiger partial charge on any atom is -0.496 e. The van der Waals surface area contributed by atoms with Crippen molar-refractivity contribution in [1.29, 1.82) is 0 Å². The molecule has 0 saturated heterocycles. The van der Waals surface area contributed by atoms with Crippen molar-refractivity contribution in [2.45, 2.75) is 49.6 Å². The van der Waals surface area contributed by atoms with Crippen molar-refractivity contribution in [3.8, 4) is 11.5 Å². The summed E-state index contributed by atoms with van der Waals surface area (Å²) in [7, 11) is -0.985. The number of carbonyl (C=O) groups excluding carboxylic acids is 1. The van der Waals surface area contributed by atoms with Gasteiger partial charge in [0, 0.05) is 19.0 Å². The van der Waals surface area contributed by atoms with Crippen LogP contribution in [0.25, 0.3) is 0 Å². The van der Waals surface area contributed by atoms with Crippen LogP contribution in [0.15, 0.2) is 47.4 Å². The van der Waals surface area contributed by atoms with Crippen LogP contribution < -0.4 is 19.5 Å². The lowest BCUT2D eigenvalue weighted by Crippen LogP contribution is -2.44. The summed E-state index contributed by atoms with van der Waals surface area (Å²) in [6.07, 6.45) is 2.05. The number of sulfonamides is 1. The third-order valence-corrected chi connectivity index (χ3v) is 7.21. The Labute approximate surface area is 177 Å². The minimum atomic E-state index is -3.90. The fourth-order valence-electron chi connectivity index (χ4n) is 3.83. The third kappa shape index (κ3) is 4.15. The molecule has 0 spiro atoms. The average molecular weight is 433 g/mol. The molecule has 7 nitrogen and oxygen atoms in total. The summed E-state index contributed by atoms with van der Waals surface area (Å²) in [6.45, 7) is 4.09. The normalized spacial score (nSPS) is 17.5. The average Bonchev–Trinajstić information content (AvgIpc) is 2.77. The maximum atomic E-state index is 13.2. The third-order valence-electron chi connectivity index (χ3n) is 5.74. The maximum absolute atomic E-state index is 13.2. The molecule has 1 aliphatic heterocycles. The highest BCUT2D eigenvalue weighted by molar-refractivity contribution is 7.89. The van der Waals surface area contributed by atoms with Crippen molar-refractivity contribution >= 4 is 15.9 Å². The van der Waals surface area contributed by atoms with Gasteiger partial charge < -0.3 is 14.8 Å². The van der Waals surface area contributed by atoms with E-state index in [-0.39, 0.29) is 10.5 Å². The highest BCUT2D eigenvalue weighted by atomic mass is 32.2. The van der Waals surface area contributed by atoms with E-state index < -0.39 is 27.6 Å². The molecule has 0 aromatic heterocycles. The molecule has 0 saturated carbocycles. The Kier molecular flexibility index (Phi) is 6.38. The van der Waals surface area contributed by atoms with Crippen molar-refractivity contribution in [3.63, 3.8) is 0 Å². The smallest absolute Gasteiger partial charge is 0.254 e. The lowest BCUT2D eigenvalue weighted by atomic mass is 9.84. The summed E-state index contributed by atoms with van der Waals surface area (Å²) < 4.78 is 40.8. The van der Waals surface area contributed by atoms with Gasteiger partial charge in [-0.05, 0) is 37.1 Å². The van der Waals surface area contributed by atoms with Crippen LogP contribution in [-0.4, -0.2) is 34.1 Å². The van der Waals surface area contributed by atoms with Crippen LogP contribution in [0.2, 0.25) is 0 Å². The van der Waals surface area contributed by atoms with E-state index in [0.717, 1.165) is 18.4 Å². The molecule has 3 rings (SSSR count). The predicted octanol–water partition coefficient (Wildman–Crippen LogP) is 3.42. The van der Waals surface area contributed by atoms with Gasteiger partial charge in [-0.15, -0.1) is 0 Å². The van der Waals surface area contributed by atoms with Crippen LogP contribution in [-0.2, 0) is 10.0 Å². The lowest BCUT2D eigenvalue weighted by molar-refractivity contribution is 0.0260. The summed E-state index contributed by atoms with van der Waals surface area (Å²) in [5.41, 5.74) is 0.527. The molecule has 30 heavy (non-hydrogen) atoms.